The van der Waals surface area contributed by atoms with Gasteiger partial charge < -0.3 is 14.6 Å². The number of aliphatic hydroxyl groups is 1. The summed E-state index contributed by atoms with van der Waals surface area (Å²) in [5, 5.41) is 11.1. The predicted molar refractivity (Wildman–Crippen MR) is 91.9 cm³/mol. The van der Waals surface area contributed by atoms with Crippen molar-refractivity contribution in [2.45, 2.75) is 19.4 Å². The fourth-order valence-electron chi connectivity index (χ4n) is 2.95. The summed E-state index contributed by atoms with van der Waals surface area (Å²) in [5.41, 5.74) is 3.07. The highest BCUT2D eigenvalue weighted by molar-refractivity contribution is 6.30. The summed E-state index contributed by atoms with van der Waals surface area (Å²) in [6.45, 7) is 3.02. The van der Waals surface area contributed by atoms with Crippen LogP contribution >= 0.6 is 11.6 Å². The van der Waals surface area contributed by atoms with Gasteiger partial charge in [-0.1, -0.05) is 18.5 Å². The Bertz CT molecular complexity index is 907. The predicted octanol–water partition coefficient (Wildman–Crippen LogP) is 3.87. The van der Waals surface area contributed by atoms with E-state index in [1.54, 1.807) is 12.3 Å². The smallest absolute Gasteiger partial charge is 0.162 e. The van der Waals surface area contributed by atoms with E-state index >= 15 is 0 Å². The van der Waals surface area contributed by atoms with Crippen LogP contribution in [0, 0.1) is 0 Å². The minimum Gasteiger partial charge on any atom is -0.486 e. The molecule has 0 aliphatic carbocycles. The van der Waals surface area contributed by atoms with E-state index in [1.165, 1.54) is 0 Å². The number of aliphatic hydroxyl groups excluding tert-OH is 1. The van der Waals surface area contributed by atoms with Gasteiger partial charge in [0.25, 0.3) is 0 Å². The molecule has 0 saturated carbocycles. The molecule has 3 aromatic rings. The van der Waals surface area contributed by atoms with Crippen molar-refractivity contribution < 1.29 is 14.6 Å². The molecule has 124 valence electrons. The molecule has 0 saturated heterocycles. The van der Waals surface area contributed by atoms with Crippen LogP contribution in [-0.2, 0) is 0 Å². The van der Waals surface area contributed by atoms with Crippen LogP contribution in [0.5, 0.6) is 11.5 Å². The first-order chi connectivity index (χ1) is 11.7. The van der Waals surface area contributed by atoms with Crippen LogP contribution < -0.4 is 9.47 Å². The third-order valence-corrected chi connectivity index (χ3v) is 4.36. The molecule has 0 amide bonds. The summed E-state index contributed by atoms with van der Waals surface area (Å²) >= 11 is 6.12. The van der Waals surface area contributed by atoms with Crippen LogP contribution in [0.25, 0.3) is 16.9 Å². The number of imidazole rings is 1. The Morgan fingerprint density at radius 3 is 2.79 bits per heavy atom. The molecule has 0 fully saturated rings. The molecule has 1 unspecified atom stereocenters. The van der Waals surface area contributed by atoms with Crippen LogP contribution in [0.15, 0.2) is 36.5 Å². The summed E-state index contributed by atoms with van der Waals surface area (Å²) in [4.78, 5) is 4.69. The highest BCUT2D eigenvalue weighted by Crippen LogP contribution is 2.37. The lowest BCUT2D eigenvalue weighted by Gasteiger charge is -2.19. The van der Waals surface area contributed by atoms with Crippen molar-refractivity contribution in [1.82, 2.24) is 9.38 Å². The minimum atomic E-state index is -0.637. The van der Waals surface area contributed by atoms with Crippen LogP contribution in [0.3, 0.4) is 0 Å². The molecular weight excluding hydrogens is 328 g/mol. The number of aromatic nitrogens is 2. The molecule has 24 heavy (non-hydrogen) atoms. The zero-order valence-electron chi connectivity index (χ0n) is 13.2. The molecule has 0 radical (unpaired) electrons. The first kappa shape index (κ1) is 15.3. The number of benzene rings is 1. The van der Waals surface area contributed by atoms with Crippen molar-refractivity contribution in [1.29, 1.82) is 0 Å². The van der Waals surface area contributed by atoms with E-state index in [9.17, 15) is 5.11 Å². The average molecular weight is 345 g/mol. The number of nitrogens with zero attached hydrogens (tertiary/aromatic N) is 2. The normalized spacial score (nSPS) is 14.8. The molecule has 6 heteroatoms. The van der Waals surface area contributed by atoms with Gasteiger partial charge in [0.2, 0.25) is 0 Å². The van der Waals surface area contributed by atoms with Gasteiger partial charge >= 0.3 is 0 Å². The van der Waals surface area contributed by atoms with E-state index in [0.717, 1.165) is 28.3 Å². The van der Waals surface area contributed by atoms with E-state index in [0.29, 0.717) is 30.4 Å². The van der Waals surface area contributed by atoms with Gasteiger partial charge in [-0.25, -0.2) is 4.98 Å². The van der Waals surface area contributed by atoms with Gasteiger partial charge in [0.15, 0.2) is 11.5 Å². The first-order valence-electron chi connectivity index (χ1n) is 7.93. The van der Waals surface area contributed by atoms with Crippen molar-refractivity contribution in [3.8, 4) is 22.8 Å². The van der Waals surface area contributed by atoms with Crippen LogP contribution in [0.1, 0.15) is 25.1 Å². The summed E-state index contributed by atoms with van der Waals surface area (Å²) in [7, 11) is 0. The van der Waals surface area contributed by atoms with Gasteiger partial charge in [0.05, 0.1) is 22.5 Å². The van der Waals surface area contributed by atoms with E-state index in [-0.39, 0.29) is 0 Å². The van der Waals surface area contributed by atoms with Gasteiger partial charge in [0, 0.05) is 11.8 Å². The molecule has 2 aromatic heterocycles. The minimum absolute atomic E-state index is 0.529. The molecule has 5 nitrogen and oxygen atoms in total. The maximum absolute atomic E-state index is 10.5. The molecule has 1 aromatic carbocycles. The third kappa shape index (κ3) is 2.50. The summed E-state index contributed by atoms with van der Waals surface area (Å²) in [6.07, 6.45) is 1.72. The molecule has 3 heterocycles. The Morgan fingerprint density at radius 1 is 1.21 bits per heavy atom. The zero-order valence-corrected chi connectivity index (χ0v) is 14.0. The Balaban J connectivity index is 1.92. The average Bonchev–Trinajstić information content (AvgIpc) is 2.99. The Morgan fingerprint density at radius 2 is 2.00 bits per heavy atom. The fraction of sp³-hybridized carbons (Fsp3) is 0.278. The SMILES string of the molecule is CCC(O)c1c(-c2ccc3c(c2)OCCO3)nc2ccc(Cl)cn12. The fourth-order valence-corrected chi connectivity index (χ4v) is 3.11. The molecule has 1 aliphatic heterocycles. The standard InChI is InChI=1S/C18H17ClN2O3/c1-2-13(22)18-17(20-16-6-4-12(19)10-21(16)18)11-3-5-14-15(9-11)24-8-7-23-14/h3-6,9-10,13,22H,2,7-8H2,1H3. The zero-order chi connectivity index (χ0) is 16.7. The highest BCUT2D eigenvalue weighted by Gasteiger charge is 2.22. The van der Waals surface area contributed by atoms with E-state index < -0.39 is 6.10 Å². The first-order valence-corrected chi connectivity index (χ1v) is 8.30. The van der Waals surface area contributed by atoms with E-state index in [2.05, 4.69) is 4.98 Å². The number of halogens is 1. The molecule has 0 bridgehead atoms. The van der Waals surface area contributed by atoms with Crippen LogP contribution in [0.4, 0.5) is 0 Å². The molecular formula is C18H17ClN2O3. The Kier molecular flexibility index (Phi) is 3.82. The van der Waals surface area contributed by atoms with Crippen molar-refractivity contribution in [3.05, 3.63) is 47.2 Å². The lowest BCUT2D eigenvalue weighted by molar-refractivity contribution is 0.168. The maximum atomic E-state index is 10.5. The van der Waals surface area contributed by atoms with E-state index in [4.69, 9.17) is 21.1 Å². The maximum Gasteiger partial charge on any atom is 0.162 e. The summed E-state index contributed by atoms with van der Waals surface area (Å²) < 4.78 is 13.1. The van der Waals surface area contributed by atoms with Crippen molar-refractivity contribution in [2.75, 3.05) is 13.2 Å². The van der Waals surface area contributed by atoms with E-state index in [1.807, 2.05) is 35.6 Å². The number of ether oxygens (including phenoxy) is 2. The largest absolute Gasteiger partial charge is 0.486 e. The number of rotatable bonds is 3. The topological polar surface area (TPSA) is 56.0 Å². The van der Waals surface area contributed by atoms with Gasteiger partial charge in [-0.05, 0) is 36.8 Å². The quantitative estimate of drug-likeness (QED) is 0.783. The second kappa shape index (κ2) is 6.00. The molecule has 4 rings (SSSR count). The summed E-state index contributed by atoms with van der Waals surface area (Å²) in [6, 6.07) is 9.35. The molecule has 1 aliphatic rings. The number of fused-ring (bicyclic) bond motifs is 2. The van der Waals surface area contributed by atoms with Gasteiger partial charge in [-0.3, -0.25) is 4.40 Å². The van der Waals surface area contributed by atoms with Gasteiger partial charge in [-0.15, -0.1) is 0 Å². The molecule has 0 spiro atoms. The Labute approximate surface area is 144 Å². The second-order valence-electron chi connectivity index (χ2n) is 5.70. The summed E-state index contributed by atoms with van der Waals surface area (Å²) in [5.74, 6) is 1.43. The Hall–Kier alpha value is -2.24. The van der Waals surface area contributed by atoms with Gasteiger partial charge in [0.1, 0.15) is 18.9 Å². The number of hydrogen-bond donors (Lipinski definition) is 1. The van der Waals surface area contributed by atoms with Crippen molar-refractivity contribution in [2.24, 2.45) is 0 Å². The highest BCUT2D eigenvalue weighted by atomic mass is 35.5. The molecule has 1 atom stereocenters. The number of pyridine rings is 1. The van der Waals surface area contributed by atoms with Crippen LogP contribution in [-0.4, -0.2) is 27.7 Å². The lowest BCUT2D eigenvalue weighted by Crippen LogP contribution is -2.15. The van der Waals surface area contributed by atoms with Crippen molar-refractivity contribution >= 4 is 17.2 Å². The third-order valence-electron chi connectivity index (χ3n) is 4.14. The molecule has 1 N–H and O–H groups in total. The van der Waals surface area contributed by atoms with Gasteiger partial charge in [-0.2, -0.15) is 0 Å². The monoisotopic (exact) mass is 344 g/mol. The van der Waals surface area contributed by atoms with Crippen LogP contribution in [0.2, 0.25) is 5.02 Å². The number of hydrogen-bond acceptors (Lipinski definition) is 4. The second-order valence-corrected chi connectivity index (χ2v) is 6.14. The van der Waals surface area contributed by atoms with Crippen molar-refractivity contribution in [3.63, 3.8) is 0 Å². The lowest BCUT2D eigenvalue weighted by atomic mass is 10.1.